The third kappa shape index (κ3) is 4.10. The first-order chi connectivity index (χ1) is 15.0. The van der Waals surface area contributed by atoms with Gasteiger partial charge in [-0.1, -0.05) is 61.2 Å². The molecule has 0 bridgehead atoms. The minimum absolute atomic E-state index is 0.0417. The molecule has 4 rings (SSSR count). The molecule has 0 aliphatic carbocycles. The van der Waals surface area contributed by atoms with Crippen LogP contribution in [0.25, 0.3) is 0 Å². The van der Waals surface area contributed by atoms with Crippen molar-refractivity contribution >= 4 is 28.8 Å². The van der Waals surface area contributed by atoms with Crippen LogP contribution in [0.3, 0.4) is 0 Å². The minimum Gasteiger partial charge on any atom is -0.497 e. The number of carbonyl (C=O) groups is 2. The van der Waals surface area contributed by atoms with Gasteiger partial charge in [0.25, 0.3) is 0 Å². The van der Waals surface area contributed by atoms with Gasteiger partial charge < -0.3 is 9.47 Å². The summed E-state index contributed by atoms with van der Waals surface area (Å²) in [5, 5.41) is 0.418. The molecule has 2 aliphatic heterocycles. The number of hydrogen-bond donors (Lipinski definition) is 0. The molecule has 160 valence electrons. The standard InChI is InChI=1S/C24H24N2O4S/c1-4-19-22(27)26-21(17-11-8-12-18(13-17)29-3)20(15(2)25-24(26)31-19)23(28)30-14-16-9-6-5-7-10-16/h5-13,19,21H,4,14H2,1-3H3/t19-,21-/m0/s1. The van der Waals surface area contributed by atoms with Crippen LogP contribution in [0, 0.1) is 0 Å². The lowest BCUT2D eigenvalue weighted by Crippen LogP contribution is -2.40. The summed E-state index contributed by atoms with van der Waals surface area (Å²) in [6.45, 7) is 3.92. The number of rotatable bonds is 6. The van der Waals surface area contributed by atoms with E-state index in [-0.39, 0.29) is 17.8 Å². The van der Waals surface area contributed by atoms with E-state index in [1.165, 1.54) is 11.8 Å². The summed E-state index contributed by atoms with van der Waals surface area (Å²) in [5.74, 6) is 0.136. The van der Waals surface area contributed by atoms with Crippen LogP contribution in [0.5, 0.6) is 5.75 Å². The van der Waals surface area contributed by atoms with Crippen LogP contribution < -0.4 is 4.74 Å². The summed E-state index contributed by atoms with van der Waals surface area (Å²) in [6, 6.07) is 16.3. The van der Waals surface area contributed by atoms with Crippen molar-refractivity contribution in [1.82, 2.24) is 4.90 Å². The van der Waals surface area contributed by atoms with Crippen LogP contribution in [0.15, 0.2) is 70.9 Å². The topological polar surface area (TPSA) is 68.2 Å². The number of fused-ring (bicyclic) bond motifs is 1. The molecule has 7 heteroatoms. The Morgan fingerprint density at radius 2 is 1.94 bits per heavy atom. The highest BCUT2D eigenvalue weighted by Gasteiger charge is 2.47. The van der Waals surface area contributed by atoms with Gasteiger partial charge in [-0.15, -0.1) is 0 Å². The predicted octanol–water partition coefficient (Wildman–Crippen LogP) is 4.48. The number of allylic oxidation sites excluding steroid dienone is 1. The number of methoxy groups -OCH3 is 1. The molecule has 2 heterocycles. The molecule has 0 unspecified atom stereocenters. The van der Waals surface area contributed by atoms with Gasteiger partial charge in [0, 0.05) is 0 Å². The number of ether oxygens (including phenoxy) is 2. The van der Waals surface area contributed by atoms with Gasteiger partial charge in [0.1, 0.15) is 12.4 Å². The quantitative estimate of drug-likeness (QED) is 0.625. The number of carbonyl (C=O) groups excluding carboxylic acids is 2. The van der Waals surface area contributed by atoms with Gasteiger partial charge in [0.05, 0.1) is 29.7 Å². The molecule has 1 fully saturated rings. The number of amides is 1. The average Bonchev–Trinajstić information content (AvgIpc) is 3.12. The van der Waals surface area contributed by atoms with Crippen molar-refractivity contribution in [3.63, 3.8) is 0 Å². The second-order valence-electron chi connectivity index (χ2n) is 7.36. The zero-order valence-electron chi connectivity index (χ0n) is 17.7. The van der Waals surface area contributed by atoms with Crippen molar-refractivity contribution in [3.8, 4) is 5.75 Å². The molecule has 2 atom stereocenters. The number of nitrogens with zero attached hydrogens (tertiary/aromatic N) is 2. The molecular weight excluding hydrogens is 412 g/mol. The SMILES string of the molecule is CC[C@@H]1SC2=NC(C)=C(C(=O)OCc3ccccc3)[C@H](c3cccc(OC)c3)N2C1=O. The van der Waals surface area contributed by atoms with E-state index in [2.05, 4.69) is 4.99 Å². The molecule has 0 N–H and O–H groups in total. The Morgan fingerprint density at radius 3 is 2.65 bits per heavy atom. The molecule has 2 aromatic carbocycles. The summed E-state index contributed by atoms with van der Waals surface area (Å²) in [6.07, 6.45) is 0.691. The lowest BCUT2D eigenvalue weighted by molar-refractivity contribution is -0.141. The van der Waals surface area contributed by atoms with E-state index < -0.39 is 12.0 Å². The lowest BCUT2D eigenvalue weighted by atomic mass is 9.94. The third-order valence-corrected chi connectivity index (χ3v) is 6.68. The fourth-order valence-corrected chi connectivity index (χ4v) is 4.91. The van der Waals surface area contributed by atoms with Gasteiger partial charge in [-0.25, -0.2) is 9.79 Å². The molecular formula is C24H24N2O4S. The van der Waals surface area contributed by atoms with Gasteiger partial charge in [0.15, 0.2) is 5.17 Å². The first kappa shape index (κ1) is 21.2. The fourth-order valence-electron chi connectivity index (χ4n) is 3.78. The molecule has 31 heavy (non-hydrogen) atoms. The summed E-state index contributed by atoms with van der Waals surface area (Å²) >= 11 is 1.45. The molecule has 1 amide bonds. The maximum Gasteiger partial charge on any atom is 0.338 e. The van der Waals surface area contributed by atoms with Crippen LogP contribution in [0.4, 0.5) is 0 Å². The minimum atomic E-state index is -0.609. The van der Waals surface area contributed by atoms with Crippen molar-refractivity contribution in [2.45, 2.75) is 38.2 Å². The number of benzene rings is 2. The van der Waals surface area contributed by atoms with Gasteiger partial charge >= 0.3 is 5.97 Å². The molecule has 2 aliphatic rings. The van der Waals surface area contributed by atoms with Crippen LogP contribution in [-0.2, 0) is 20.9 Å². The normalized spacial score (nSPS) is 20.4. The highest BCUT2D eigenvalue weighted by Crippen LogP contribution is 2.44. The monoisotopic (exact) mass is 436 g/mol. The zero-order valence-corrected chi connectivity index (χ0v) is 18.5. The van der Waals surface area contributed by atoms with Crippen molar-refractivity contribution in [1.29, 1.82) is 0 Å². The maximum absolute atomic E-state index is 13.2. The number of aliphatic imine (C=N–C) groups is 1. The first-order valence-corrected chi connectivity index (χ1v) is 11.1. The van der Waals surface area contributed by atoms with E-state index in [1.54, 1.807) is 18.9 Å². The first-order valence-electron chi connectivity index (χ1n) is 10.2. The van der Waals surface area contributed by atoms with Crippen molar-refractivity contribution in [2.75, 3.05) is 7.11 Å². The molecule has 0 aromatic heterocycles. The summed E-state index contributed by atoms with van der Waals surface area (Å²) in [7, 11) is 1.59. The third-order valence-electron chi connectivity index (χ3n) is 5.36. The smallest absolute Gasteiger partial charge is 0.338 e. The van der Waals surface area contributed by atoms with Gasteiger partial charge in [-0.3, -0.25) is 9.69 Å². The van der Waals surface area contributed by atoms with E-state index in [0.717, 1.165) is 11.1 Å². The Labute approximate surface area is 185 Å². The number of amidine groups is 1. The Hall–Kier alpha value is -3.06. The fraction of sp³-hybridized carbons (Fsp3) is 0.292. The predicted molar refractivity (Wildman–Crippen MR) is 121 cm³/mol. The zero-order chi connectivity index (χ0) is 22.0. The lowest BCUT2D eigenvalue weighted by Gasteiger charge is -2.33. The van der Waals surface area contributed by atoms with E-state index in [1.807, 2.05) is 61.5 Å². The Morgan fingerprint density at radius 1 is 1.16 bits per heavy atom. The second kappa shape index (κ2) is 8.98. The van der Waals surface area contributed by atoms with E-state index in [9.17, 15) is 9.59 Å². The Bertz CT molecular complexity index is 1060. The van der Waals surface area contributed by atoms with Crippen LogP contribution in [-0.4, -0.2) is 34.3 Å². The molecule has 0 spiro atoms. The molecule has 0 radical (unpaired) electrons. The summed E-state index contributed by atoms with van der Waals surface area (Å²) in [5.41, 5.74) is 2.61. The van der Waals surface area contributed by atoms with Crippen LogP contribution in [0.2, 0.25) is 0 Å². The molecule has 1 saturated heterocycles. The largest absolute Gasteiger partial charge is 0.497 e. The van der Waals surface area contributed by atoms with Gasteiger partial charge in [-0.05, 0) is 36.6 Å². The van der Waals surface area contributed by atoms with Crippen molar-refractivity contribution < 1.29 is 19.1 Å². The Kier molecular flexibility index (Phi) is 6.13. The van der Waals surface area contributed by atoms with E-state index in [4.69, 9.17) is 9.47 Å². The molecule has 6 nitrogen and oxygen atoms in total. The van der Waals surface area contributed by atoms with Gasteiger partial charge in [-0.2, -0.15) is 0 Å². The average molecular weight is 437 g/mol. The number of hydrogen-bond acceptors (Lipinski definition) is 6. The summed E-state index contributed by atoms with van der Waals surface area (Å²) < 4.78 is 11.0. The van der Waals surface area contributed by atoms with Crippen molar-refractivity contribution in [2.24, 2.45) is 4.99 Å². The maximum atomic E-state index is 13.2. The number of esters is 1. The van der Waals surface area contributed by atoms with Gasteiger partial charge in [0.2, 0.25) is 5.91 Å². The Balaban J connectivity index is 1.73. The second-order valence-corrected chi connectivity index (χ2v) is 8.53. The van der Waals surface area contributed by atoms with E-state index in [0.29, 0.717) is 28.6 Å². The van der Waals surface area contributed by atoms with Crippen LogP contribution >= 0.6 is 11.8 Å². The highest BCUT2D eigenvalue weighted by molar-refractivity contribution is 8.15. The van der Waals surface area contributed by atoms with Crippen molar-refractivity contribution in [3.05, 3.63) is 77.0 Å². The summed E-state index contributed by atoms with van der Waals surface area (Å²) in [4.78, 5) is 32.7. The molecule has 2 aromatic rings. The number of thioether (sulfide) groups is 1. The molecule has 0 saturated carbocycles. The van der Waals surface area contributed by atoms with E-state index >= 15 is 0 Å². The van der Waals surface area contributed by atoms with Crippen LogP contribution in [0.1, 0.15) is 37.4 Å². The highest BCUT2D eigenvalue weighted by atomic mass is 32.2.